The van der Waals surface area contributed by atoms with Crippen LogP contribution < -0.4 is 0 Å². The van der Waals surface area contributed by atoms with Crippen LogP contribution in [-0.4, -0.2) is 15.0 Å². The van der Waals surface area contributed by atoms with Crippen LogP contribution in [0.3, 0.4) is 0 Å². The van der Waals surface area contributed by atoms with Crippen LogP contribution in [0.1, 0.15) is 6.85 Å². The molecule has 0 saturated heterocycles. The Morgan fingerprint density at radius 2 is 0.839 bits per heavy atom. The molecule has 0 spiro atoms. The lowest BCUT2D eigenvalue weighted by Crippen LogP contribution is -2.00. The number of para-hydroxylation sites is 2. The van der Waals surface area contributed by atoms with E-state index in [0.717, 1.165) is 38.3 Å². The van der Waals surface area contributed by atoms with E-state index >= 15 is 0 Å². The van der Waals surface area contributed by atoms with Crippen molar-refractivity contribution in [3.05, 3.63) is 176 Å². The van der Waals surface area contributed by atoms with Crippen LogP contribution in [0.4, 0.5) is 0 Å². The van der Waals surface area contributed by atoms with Gasteiger partial charge >= 0.3 is 0 Å². The largest absolute Gasteiger partial charge is 0.456 e. The van der Waals surface area contributed by atoms with Crippen LogP contribution in [0.25, 0.3) is 121 Å². The van der Waals surface area contributed by atoms with Gasteiger partial charge in [-0.1, -0.05) is 133 Å². The zero-order valence-corrected chi connectivity index (χ0v) is 29.5. The van der Waals surface area contributed by atoms with Gasteiger partial charge < -0.3 is 8.83 Å². The van der Waals surface area contributed by atoms with Crippen LogP contribution in [0, 0.1) is 0 Å². The number of hydrogen-bond acceptors (Lipinski definition) is 5. The maximum atomic E-state index is 8.80. The van der Waals surface area contributed by atoms with E-state index in [4.69, 9.17) is 30.6 Å². The van der Waals surface area contributed by atoms with Gasteiger partial charge in [0.15, 0.2) is 17.5 Å². The fourth-order valence-corrected chi connectivity index (χ4v) is 8.21. The Hall–Kier alpha value is -7.63. The zero-order valence-electron chi connectivity index (χ0n) is 34.5. The summed E-state index contributed by atoms with van der Waals surface area (Å²) in [7, 11) is 0. The molecule has 0 aliphatic heterocycles. The molecule has 0 bridgehead atoms. The van der Waals surface area contributed by atoms with E-state index in [1.165, 1.54) is 32.3 Å². The van der Waals surface area contributed by atoms with Crippen LogP contribution in [0.15, 0.2) is 185 Å². The van der Waals surface area contributed by atoms with Crippen molar-refractivity contribution in [2.24, 2.45) is 0 Å². The summed E-state index contributed by atoms with van der Waals surface area (Å²) in [6.45, 7) is 0. The van der Waals surface area contributed by atoms with Gasteiger partial charge in [0.05, 0.1) is 12.4 Å². The highest BCUT2D eigenvalue weighted by Crippen LogP contribution is 2.40. The molecule has 9 aromatic carbocycles. The molecule has 0 amide bonds. The molecule has 0 atom stereocenters. The minimum Gasteiger partial charge on any atom is -0.456 e. The average Bonchev–Trinajstić information content (AvgIpc) is 3.88. The number of rotatable bonds is 4. The molecule has 12 aromatic rings. The van der Waals surface area contributed by atoms with Crippen molar-refractivity contribution in [1.82, 2.24) is 15.0 Å². The van der Waals surface area contributed by atoms with E-state index in [9.17, 15) is 0 Å². The number of furan rings is 2. The van der Waals surface area contributed by atoms with E-state index in [1.54, 1.807) is 0 Å². The maximum Gasteiger partial charge on any atom is 0.167 e. The molecule has 0 aliphatic carbocycles. The second-order valence-corrected chi connectivity index (χ2v) is 14.0. The lowest BCUT2D eigenvalue weighted by atomic mass is 9.92. The van der Waals surface area contributed by atoms with Crippen LogP contribution in [0.2, 0.25) is 0 Å². The topological polar surface area (TPSA) is 65.0 Å². The molecular weight excluding hydrogens is 687 g/mol. The van der Waals surface area contributed by atoms with Crippen molar-refractivity contribution in [2.75, 3.05) is 0 Å². The maximum absolute atomic E-state index is 8.80. The third kappa shape index (κ3) is 4.71. The Balaban J connectivity index is 1.04. The van der Waals surface area contributed by atoms with E-state index in [1.807, 2.05) is 60.7 Å². The monoisotopic (exact) mass is 720 g/mol. The van der Waals surface area contributed by atoms with E-state index in [0.29, 0.717) is 27.9 Å². The molecule has 56 heavy (non-hydrogen) atoms. The third-order valence-corrected chi connectivity index (χ3v) is 10.8. The van der Waals surface area contributed by atoms with E-state index in [-0.39, 0.29) is 23.0 Å². The molecule has 260 valence electrons. The Morgan fingerprint density at radius 3 is 1.59 bits per heavy atom. The number of hydrogen-bond donors (Lipinski definition) is 0. The smallest absolute Gasteiger partial charge is 0.167 e. The highest BCUT2D eigenvalue weighted by molar-refractivity contribution is 6.25. The van der Waals surface area contributed by atoms with Crippen LogP contribution >= 0.6 is 0 Å². The van der Waals surface area contributed by atoms with Crippen LogP contribution in [0.5, 0.6) is 0 Å². The minimum atomic E-state index is -0.500. The molecule has 0 aliphatic rings. The summed E-state index contributed by atoms with van der Waals surface area (Å²) in [6.07, 6.45) is 0. The number of benzene rings is 9. The molecule has 5 heteroatoms. The van der Waals surface area contributed by atoms with Crippen molar-refractivity contribution >= 4 is 76.2 Å². The molecule has 0 fully saturated rings. The van der Waals surface area contributed by atoms with Gasteiger partial charge in [0, 0.05) is 32.7 Å². The first-order chi connectivity index (χ1) is 29.8. The molecule has 3 heterocycles. The van der Waals surface area contributed by atoms with Gasteiger partial charge in [0.1, 0.15) is 22.3 Å². The molecule has 0 saturated carbocycles. The molecular formula is C51H29N3O2. The third-order valence-electron chi connectivity index (χ3n) is 10.8. The molecule has 12 rings (SSSR count). The van der Waals surface area contributed by atoms with Gasteiger partial charge in [-0.05, 0) is 85.9 Å². The normalized spacial score (nSPS) is 13.2. The standard InChI is InChI=1S/C51H29N3O2/c1-2-11-30(12-3-1)49-52-50(33-23-26-40-39-17-8-9-20-45(39)55-46(40)29-33)54-51(53-49)43-19-10-18-42-41-25-22-32(28-47(41)56-48(42)43)31-21-24-38-36-15-5-4-13-34(36)35-14-6-7-16-37(35)44(38)27-31/h1-29H/i1D,2D,3D,11D,12D. The predicted octanol–water partition coefficient (Wildman–Crippen LogP) is 13.8. The minimum absolute atomic E-state index is 0.0614. The first-order valence-corrected chi connectivity index (χ1v) is 18.3. The SMILES string of the molecule is [2H]c1c([2H])c([2H])c(-c2nc(-c3ccc4c(c3)oc3ccccc34)nc(-c3cccc4c3oc3cc(-c5ccc6c7ccccc7c7ccccc7c6c5)ccc34)n2)c([2H])c1[2H]. The fraction of sp³-hybridized carbons (Fsp3) is 0. The van der Waals surface area contributed by atoms with Crippen molar-refractivity contribution in [1.29, 1.82) is 0 Å². The average molecular weight is 721 g/mol. The van der Waals surface area contributed by atoms with Crippen molar-refractivity contribution < 1.29 is 15.7 Å². The summed E-state index contributed by atoms with van der Waals surface area (Å²) in [6, 6.07) is 46.9. The molecule has 0 N–H and O–H groups in total. The summed E-state index contributed by atoms with van der Waals surface area (Å²) in [5.74, 6) is 0.393. The molecule has 0 unspecified atom stereocenters. The first kappa shape index (κ1) is 26.2. The Bertz CT molecular complexity index is 3790. The van der Waals surface area contributed by atoms with Crippen molar-refractivity contribution in [2.45, 2.75) is 0 Å². The number of aromatic nitrogens is 3. The Labute approximate surface area is 327 Å². The van der Waals surface area contributed by atoms with Gasteiger partial charge in [-0.2, -0.15) is 0 Å². The highest BCUT2D eigenvalue weighted by Gasteiger charge is 2.19. The van der Waals surface area contributed by atoms with Gasteiger partial charge in [-0.15, -0.1) is 0 Å². The summed E-state index contributed by atoms with van der Waals surface area (Å²) < 4.78 is 55.6. The number of nitrogens with zero attached hydrogens (tertiary/aromatic N) is 3. The fourth-order valence-electron chi connectivity index (χ4n) is 8.21. The lowest BCUT2D eigenvalue weighted by molar-refractivity contribution is 0.668. The molecule has 3 aromatic heterocycles. The zero-order chi connectivity index (χ0) is 41.1. The van der Waals surface area contributed by atoms with Crippen molar-refractivity contribution in [3.8, 4) is 45.3 Å². The summed E-state index contributed by atoms with van der Waals surface area (Å²) >= 11 is 0. The van der Waals surface area contributed by atoms with Gasteiger partial charge in [0.25, 0.3) is 0 Å². The van der Waals surface area contributed by atoms with Gasteiger partial charge in [-0.25, -0.2) is 15.0 Å². The summed E-state index contributed by atoms with van der Waals surface area (Å²) in [4.78, 5) is 14.5. The summed E-state index contributed by atoms with van der Waals surface area (Å²) in [5.41, 5.74) is 5.69. The molecule has 0 radical (unpaired) electrons. The second-order valence-electron chi connectivity index (χ2n) is 14.0. The first-order valence-electron chi connectivity index (χ1n) is 20.8. The molecule has 5 nitrogen and oxygen atoms in total. The Morgan fingerprint density at radius 1 is 0.339 bits per heavy atom. The van der Waals surface area contributed by atoms with Crippen LogP contribution in [-0.2, 0) is 0 Å². The lowest BCUT2D eigenvalue weighted by Gasteiger charge is -2.12. The number of fused-ring (bicyclic) bond motifs is 12. The van der Waals surface area contributed by atoms with E-state index < -0.39 is 30.2 Å². The van der Waals surface area contributed by atoms with Crippen molar-refractivity contribution in [3.63, 3.8) is 0 Å². The second kappa shape index (κ2) is 11.9. The van der Waals surface area contributed by atoms with Gasteiger partial charge in [0.2, 0.25) is 0 Å². The Kier molecular flexibility index (Phi) is 5.58. The quantitative estimate of drug-likeness (QED) is 0.169. The summed E-state index contributed by atoms with van der Waals surface area (Å²) in [5, 5.41) is 10.9. The highest BCUT2D eigenvalue weighted by atomic mass is 16.3. The van der Waals surface area contributed by atoms with E-state index in [2.05, 4.69) is 84.9 Å². The van der Waals surface area contributed by atoms with Gasteiger partial charge in [-0.3, -0.25) is 0 Å². The predicted molar refractivity (Wildman–Crippen MR) is 229 cm³/mol.